The number of carbonyl (C=O) groups is 1. The maximum atomic E-state index is 10.9. The molecule has 0 N–H and O–H groups in total. The summed E-state index contributed by atoms with van der Waals surface area (Å²) in [6.45, 7) is 2.28. The number of rotatable bonds is 7. The van der Waals surface area contributed by atoms with Crippen LogP contribution < -0.4 is 5.11 Å². The number of unbranched alkanes of at least 4 members (excludes halogenated alkanes) is 2. The van der Waals surface area contributed by atoms with Gasteiger partial charge >= 0.3 is 0 Å². The lowest BCUT2D eigenvalue weighted by Gasteiger charge is -2.16. The lowest BCUT2D eigenvalue weighted by Crippen LogP contribution is -2.21. The summed E-state index contributed by atoms with van der Waals surface area (Å²) < 4.78 is 0. The van der Waals surface area contributed by atoms with Gasteiger partial charge in [0.15, 0.2) is 0 Å². The van der Waals surface area contributed by atoms with Crippen LogP contribution in [-0.2, 0) is 0 Å². The molecule has 27 heavy (non-hydrogen) atoms. The van der Waals surface area contributed by atoms with Gasteiger partial charge in [-0.1, -0.05) is 94.0 Å². The van der Waals surface area contributed by atoms with Gasteiger partial charge in [0, 0.05) is 0 Å². The fraction of sp³-hybridized carbons (Fsp3) is 0.480. The number of carbonyl (C=O) groups excluding carboxylic acids is 1. The van der Waals surface area contributed by atoms with Gasteiger partial charge in [0.05, 0.1) is 5.97 Å². The summed E-state index contributed by atoms with van der Waals surface area (Å²) >= 11 is 0. The second kappa shape index (κ2) is 9.73. The highest BCUT2D eigenvalue weighted by atomic mass is 16.4. The Morgan fingerprint density at radius 2 is 1.56 bits per heavy atom. The van der Waals surface area contributed by atoms with E-state index in [1.807, 2.05) is 12.1 Å². The maximum Gasteiger partial charge on any atom is 0.0715 e. The first kappa shape index (κ1) is 19.7. The normalized spacial score (nSPS) is 20.2. The summed E-state index contributed by atoms with van der Waals surface area (Å²) in [7, 11) is 0. The molecule has 2 nitrogen and oxygen atoms in total. The quantitative estimate of drug-likeness (QED) is 0.450. The van der Waals surface area contributed by atoms with Crippen LogP contribution in [0.4, 0.5) is 0 Å². The Balaban J connectivity index is 1.60. The van der Waals surface area contributed by atoms with Crippen molar-refractivity contribution in [3.05, 3.63) is 59.7 Å². The Morgan fingerprint density at radius 3 is 2.19 bits per heavy atom. The molecule has 1 aliphatic carbocycles. The second-order valence-corrected chi connectivity index (χ2v) is 8.05. The monoisotopic (exact) mass is 363 g/mol. The largest absolute Gasteiger partial charge is 0.545 e. The third kappa shape index (κ3) is 5.45. The number of hydrogen-bond acceptors (Lipinski definition) is 2. The number of aromatic carboxylic acids is 1. The average Bonchev–Trinajstić information content (AvgIpc) is 2.94. The molecule has 0 spiro atoms. The fourth-order valence-corrected chi connectivity index (χ4v) is 4.43. The van der Waals surface area contributed by atoms with Crippen molar-refractivity contribution >= 4 is 5.97 Å². The maximum absolute atomic E-state index is 10.9. The molecule has 0 unspecified atom stereocenters. The highest BCUT2D eigenvalue weighted by Gasteiger charge is 2.20. The van der Waals surface area contributed by atoms with E-state index in [0.29, 0.717) is 5.92 Å². The van der Waals surface area contributed by atoms with Crippen molar-refractivity contribution in [3.63, 3.8) is 0 Å². The van der Waals surface area contributed by atoms with Gasteiger partial charge in [0.2, 0.25) is 0 Å². The first-order valence-corrected chi connectivity index (χ1v) is 10.6. The van der Waals surface area contributed by atoms with Crippen LogP contribution in [0.2, 0.25) is 0 Å². The highest BCUT2D eigenvalue weighted by Crippen LogP contribution is 2.36. The van der Waals surface area contributed by atoms with Crippen LogP contribution in [0.25, 0.3) is 11.1 Å². The molecular formula is C25H31O2-. The average molecular weight is 364 g/mol. The zero-order chi connectivity index (χ0) is 19.1. The van der Waals surface area contributed by atoms with Gasteiger partial charge in [-0.05, 0) is 53.4 Å². The van der Waals surface area contributed by atoms with E-state index in [2.05, 4.69) is 31.2 Å². The predicted molar refractivity (Wildman–Crippen MR) is 110 cm³/mol. The van der Waals surface area contributed by atoms with E-state index in [1.165, 1.54) is 63.4 Å². The molecule has 2 aromatic carbocycles. The van der Waals surface area contributed by atoms with E-state index in [-0.39, 0.29) is 5.56 Å². The van der Waals surface area contributed by atoms with Crippen LogP contribution in [0.15, 0.2) is 48.5 Å². The molecule has 2 aromatic rings. The molecule has 0 bridgehead atoms. The number of hydrogen-bond donors (Lipinski definition) is 0. The molecule has 1 fully saturated rings. The smallest absolute Gasteiger partial charge is 0.0715 e. The minimum atomic E-state index is -1.13. The molecule has 144 valence electrons. The van der Waals surface area contributed by atoms with Crippen LogP contribution in [0, 0.1) is 5.92 Å². The SMILES string of the molecule is CCCCC[C@@H]1CCC[C@@H](c2ccc(-c3ccc(C(=O)[O-])cc3)cc2)CC1. The van der Waals surface area contributed by atoms with Gasteiger partial charge in [-0.3, -0.25) is 0 Å². The summed E-state index contributed by atoms with van der Waals surface area (Å²) in [5, 5.41) is 10.9. The van der Waals surface area contributed by atoms with Gasteiger partial charge < -0.3 is 9.90 Å². The van der Waals surface area contributed by atoms with Crippen LogP contribution in [0.5, 0.6) is 0 Å². The molecule has 0 aliphatic heterocycles. The van der Waals surface area contributed by atoms with Crippen molar-refractivity contribution in [3.8, 4) is 11.1 Å². The summed E-state index contributed by atoms with van der Waals surface area (Å²) in [6.07, 6.45) is 12.3. The molecular weight excluding hydrogens is 332 g/mol. The van der Waals surface area contributed by atoms with Gasteiger partial charge in [-0.2, -0.15) is 0 Å². The van der Waals surface area contributed by atoms with Crippen LogP contribution in [-0.4, -0.2) is 5.97 Å². The number of carboxylic acid groups (broad SMARTS) is 1. The van der Waals surface area contributed by atoms with Crippen molar-refractivity contribution < 1.29 is 9.90 Å². The lowest BCUT2D eigenvalue weighted by molar-refractivity contribution is -0.255. The minimum absolute atomic E-state index is 0.224. The molecule has 2 atom stereocenters. The third-order valence-electron chi connectivity index (χ3n) is 6.14. The van der Waals surface area contributed by atoms with E-state index in [9.17, 15) is 9.90 Å². The van der Waals surface area contributed by atoms with Crippen molar-refractivity contribution in [2.24, 2.45) is 5.92 Å². The summed E-state index contributed by atoms with van der Waals surface area (Å²) in [5.74, 6) is 0.497. The Kier molecular flexibility index (Phi) is 7.09. The predicted octanol–water partition coefficient (Wildman–Crippen LogP) is 5.96. The third-order valence-corrected chi connectivity index (χ3v) is 6.14. The molecule has 0 saturated heterocycles. The molecule has 0 heterocycles. The van der Waals surface area contributed by atoms with Crippen molar-refractivity contribution in [1.29, 1.82) is 0 Å². The zero-order valence-electron chi connectivity index (χ0n) is 16.5. The van der Waals surface area contributed by atoms with Crippen LogP contribution in [0.1, 0.15) is 86.6 Å². The Hall–Kier alpha value is -2.09. The van der Waals surface area contributed by atoms with Gasteiger partial charge in [0.1, 0.15) is 0 Å². The van der Waals surface area contributed by atoms with E-state index >= 15 is 0 Å². The molecule has 0 aromatic heterocycles. The molecule has 2 heteroatoms. The number of carboxylic acids is 1. The standard InChI is InChI=1S/C25H32O2/c1-2-3-4-6-19-7-5-8-20(10-9-19)21-11-13-22(14-12-21)23-15-17-24(18-16-23)25(26)27/h11-20H,2-10H2,1H3,(H,26,27)/p-1/t19-,20-/m1/s1. The van der Waals surface area contributed by atoms with E-state index < -0.39 is 5.97 Å². The van der Waals surface area contributed by atoms with Crippen LogP contribution >= 0.6 is 0 Å². The molecule has 1 aliphatic rings. The molecule has 0 radical (unpaired) electrons. The Bertz CT molecular complexity index is 715. The lowest BCUT2D eigenvalue weighted by atomic mass is 9.89. The number of benzene rings is 2. The van der Waals surface area contributed by atoms with Crippen molar-refractivity contribution in [2.75, 3.05) is 0 Å². The first-order chi connectivity index (χ1) is 13.2. The molecule has 1 saturated carbocycles. The fourth-order valence-electron chi connectivity index (χ4n) is 4.43. The summed E-state index contributed by atoms with van der Waals surface area (Å²) in [4.78, 5) is 10.9. The van der Waals surface area contributed by atoms with Crippen LogP contribution in [0.3, 0.4) is 0 Å². The molecule has 0 amide bonds. The van der Waals surface area contributed by atoms with Gasteiger partial charge in [-0.25, -0.2) is 0 Å². The zero-order valence-corrected chi connectivity index (χ0v) is 16.5. The Morgan fingerprint density at radius 1 is 0.889 bits per heavy atom. The van der Waals surface area contributed by atoms with Gasteiger partial charge in [-0.15, -0.1) is 0 Å². The van der Waals surface area contributed by atoms with E-state index in [0.717, 1.165) is 17.0 Å². The molecule has 3 rings (SSSR count). The van der Waals surface area contributed by atoms with Gasteiger partial charge in [0.25, 0.3) is 0 Å². The summed E-state index contributed by atoms with van der Waals surface area (Å²) in [6, 6.07) is 15.8. The minimum Gasteiger partial charge on any atom is -0.545 e. The highest BCUT2D eigenvalue weighted by molar-refractivity contribution is 5.86. The first-order valence-electron chi connectivity index (χ1n) is 10.6. The Labute approximate surface area is 163 Å². The summed E-state index contributed by atoms with van der Waals surface area (Å²) in [5.41, 5.74) is 3.86. The van der Waals surface area contributed by atoms with E-state index in [4.69, 9.17) is 0 Å². The van der Waals surface area contributed by atoms with Crippen molar-refractivity contribution in [2.45, 2.75) is 70.6 Å². The second-order valence-electron chi connectivity index (χ2n) is 8.05. The van der Waals surface area contributed by atoms with Crippen molar-refractivity contribution in [1.82, 2.24) is 0 Å². The van der Waals surface area contributed by atoms with E-state index in [1.54, 1.807) is 12.1 Å². The topological polar surface area (TPSA) is 40.1 Å².